The Morgan fingerprint density at radius 1 is 1.21 bits per heavy atom. The van der Waals surface area contributed by atoms with Gasteiger partial charge in [0.25, 0.3) is 5.91 Å². The molecule has 0 bridgehead atoms. The molecule has 3 aliphatic rings. The van der Waals surface area contributed by atoms with E-state index in [1.165, 1.54) is 26.2 Å². The van der Waals surface area contributed by atoms with Crippen molar-refractivity contribution in [1.82, 2.24) is 15.1 Å². The van der Waals surface area contributed by atoms with Crippen molar-refractivity contribution in [2.75, 3.05) is 32.7 Å². The van der Waals surface area contributed by atoms with Crippen LogP contribution in [0.2, 0.25) is 0 Å². The normalized spacial score (nSPS) is 25.2. The molecule has 156 valence electrons. The molecule has 0 aromatic rings. The number of carbonyl (C=O) groups is 3. The Labute approximate surface area is 167 Å². The second-order valence-electron chi connectivity index (χ2n) is 8.38. The van der Waals surface area contributed by atoms with Crippen molar-refractivity contribution in [3.63, 3.8) is 0 Å². The molecule has 0 aromatic carbocycles. The first-order valence-electron chi connectivity index (χ1n) is 10.6. The van der Waals surface area contributed by atoms with Gasteiger partial charge in [0.05, 0.1) is 5.57 Å². The number of hydrogen-bond donors (Lipinski definition) is 1. The standard InChI is InChI=1S/C21H33N3O4/c1-15-7-4-5-11-23(15)12-6-10-22-19(26)18-16(2)20(27)28-21(18)8-13-24(14-9-21)17(3)25/h15H,4-14H2,1-3H3,(H,22,26)/t15-/m0/s1. The van der Waals surface area contributed by atoms with Gasteiger partial charge in [-0.15, -0.1) is 0 Å². The van der Waals surface area contributed by atoms with Crippen LogP contribution in [0.25, 0.3) is 0 Å². The highest BCUT2D eigenvalue weighted by Crippen LogP contribution is 2.41. The van der Waals surface area contributed by atoms with Gasteiger partial charge in [-0.1, -0.05) is 6.42 Å². The molecule has 7 heteroatoms. The molecular weight excluding hydrogens is 358 g/mol. The molecule has 7 nitrogen and oxygen atoms in total. The molecule has 3 rings (SSSR count). The van der Waals surface area contributed by atoms with E-state index in [-0.39, 0.29) is 11.8 Å². The van der Waals surface area contributed by atoms with Crippen LogP contribution in [-0.4, -0.2) is 72.0 Å². The Kier molecular flexibility index (Phi) is 6.43. The van der Waals surface area contributed by atoms with Crippen molar-refractivity contribution in [3.05, 3.63) is 11.1 Å². The van der Waals surface area contributed by atoms with E-state index in [1.807, 2.05) is 0 Å². The minimum atomic E-state index is -0.876. The first-order chi connectivity index (χ1) is 13.3. The van der Waals surface area contributed by atoms with E-state index in [1.54, 1.807) is 11.8 Å². The smallest absolute Gasteiger partial charge is 0.335 e. The van der Waals surface area contributed by atoms with Gasteiger partial charge in [0.1, 0.15) is 5.60 Å². The minimum absolute atomic E-state index is 0.0119. The second-order valence-corrected chi connectivity index (χ2v) is 8.38. The first kappa shape index (κ1) is 20.8. The molecule has 0 saturated carbocycles. The quantitative estimate of drug-likeness (QED) is 0.569. The van der Waals surface area contributed by atoms with E-state index >= 15 is 0 Å². The SMILES string of the molecule is CC(=O)N1CCC2(CC1)OC(=O)C(C)=C2C(=O)NCCCN1CCCC[C@@H]1C. The van der Waals surface area contributed by atoms with Gasteiger partial charge in [0, 0.05) is 57.6 Å². The van der Waals surface area contributed by atoms with E-state index < -0.39 is 11.6 Å². The number of nitrogens with zero attached hydrogens (tertiary/aromatic N) is 2. The van der Waals surface area contributed by atoms with Crippen LogP contribution < -0.4 is 5.32 Å². The number of ether oxygens (including phenoxy) is 1. The molecule has 0 aromatic heterocycles. The van der Waals surface area contributed by atoms with Crippen molar-refractivity contribution in [1.29, 1.82) is 0 Å². The van der Waals surface area contributed by atoms with Crippen molar-refractivity contribution >= 4 is 17.8 Å². The number of piperidine rings is 2. The van der Waals surface area contributed by atoms with Crippen LogP contribution in [0, 0.1) is 0 Å². The summed E-state index contributed by atoms with van der Waals surface area (Å²) in [5.74, 6) is -0.604. The molecule has 3 heterocycles. The Bertz CT molecular complexity index is 665. The van der Waals surface area contributed by atoms with Gasteiger partial charge in [-0.25, -0.2) is 4.79 Å². The predicted molar refractivity (Wildman–Crippen MR) is 106 cm³/mol. The Morgan fingerprint density at radius 2 is 1.93 bits per heavy atom. The fourth-order valence-electron chi connectivity index (χ4n) is 4.72. The summed E-state index contributed by atoms with van der Waals surface area (Å²) < 4.78 is 5.66. The third-order valence-corrected chi connectivity index (χ3v) is 6.52. The molecule has 3 aliphatic heterocycles. The number of likely N-dealkylation sites (tertiary alicyclic amines) is 2. The van der Waals surface area contributed by atoms with Crippen LogP contribution in [0.5, 0.6) is 0 Å². The van der Waals surface area contributed by atoms with Crippen molar-refractivity contribution in [2.45, 2.75) is 70.9 Å². The number of hydrogen-bond acceptors (Lipinski definition) is 5. The van der Waals surface area contributed by atoms with E-state index in [4.69, 9.17) is 4.74 Å². The summed E-state index contributed by atoms with van der Waals surface area (Å²) in [6.45, 7) is 9.17. The van der Waals surface area contributed by atoms with E-state index in [2.05, 4.69) is 17.1 Å². The Balaban J connectivity index is 1.56. The van der Waals surface area contributed by atoms with Crippen LogP contribution in [0.4, 0.5) is 0 Å². The molecule has 0 radical (unpaired) electrons. The Morgan fingerprint density at radius 3 is 2.57 bits per heavy atom. The average molecular weight is 392 g/mol. The van der Waals surface area contributed by atoms with Crippen molar-refractivity contribution in [2.24, 2.45) is 0 Å². The summed E-state index contributed by atoms with van der Waals surface area (Å²) >= 11 is 0. The van der Waals surface area contributed by atoms with Gasteiger partial charge in [-0.3, -0.25) is 9.59 Å². The Hall–Kier alpha value is -1.89. The van der Waals surface area contributed by atoms with E-state index in [0.29, 0.717) is 49.7 Å². The lowest BCUT2D eigenvalue weighted by atomic mass is 9.82. The molecular formula is C21H33N3O4. The molecule has 0 unspecified atom stereocenters. The summed E-state index contributed by atoms with van der Waals surface area (Å²) in [6.07, 6.45) is 5.65. The maximum absolute atomic E-state index is 12.9. The summed E-state index contributed by atoms with van der Waals surface area (Å²) in [5, 5.41) is 3.00. The van der Waals surface area contributed by atoms with Gasteiger partial charge in [0.2, 0.25) is 5.91 Å². The molecule has 1 atom stereocenters. The van der Waals surface area contributed by atoms with E-state index in [9.17, 15) is 14.4 Å². The van der Waals surface area contributed by atoms with Crippen LogP contribution in [0.3, 0.4) is 0 Å². The molecule has 1 N–H and O–H groups in total. The molecule has 28 heavy (non-hydrogen) atoms. The maximum atomic E-state index is 12.9. The first-order valence-corrected chi connectivity index (χ1v) is 10.6. The fraction of sp³-hybridized carbons (Fsp3) is 0.762. The predicted octanol–water partition coefficient (Wildman–Crippen LogP) is 1.62. The third kappa shape index (κ3) is 4.24. The zero-order valence-corrected chi connectivity index (χ0v) is 17.4. The number of carbonyl (C=O) groups excluding carboxylic acids is 3. The second kappa shape index (κ2) is 8.64. The summed E-state index contributed by atoms with van der Waals surface area (Å²) in [5.41, 5.74) is -0.0102. The molecule has 2 amide bonds. The number of nitrogens with one attached hydrogen (secondary N) is 1. The van der Waals surface area contributed by atoms with Gasteiger partial charge in [0.15, 0.2) is 0 Å². The van der Waals surface area contributed by atoms with Crippen LogP contribution in [0.1, 0.15) is 59.3 Å². The highest BCUT2D eigenvalue weighted by atomic mass is 16.6. The van der Waals surface area contributed by atoms with E-state index in [0.717, 1.165) is 19.5 Å². The third-order valence-electron chi connectivity index (χ3n) is 6.52. The number of esters is 1. The average Bonchev–Trinajstić information content (AvgIpc) is 2.90. The summed E-state index contributed by atoms with van der Waals surface area (Å²) in [6, 6.07) is 0.616. The summed E-state index contributed by atoms with van der Waals surface area (Å²) in [4.78, 5) is 40.9. The van der Waals surface area contributed by atoms with Crippen LogP contribution in [0.15, 0.2) is 11.1 Å². The zero-order valence-electron chi connectivity index (χ0n) is 17.4. The lowest BCUT2D eigenvalue weighted by Crippen LogP contribution is -2.50. The zero-order chi connectivity index (χ0) is 20.3. The highest BCUT2D eigenvalue weighted by Gasteiger charge is 2.50. The monoisotopic (exact) mass is 391 g/mol. The molecule has 2 saturated heterocycles. The van der Waals surface area contributed by atoms with Crippen molar-refractivity contribution in [3.8, 4) is 0 Å². The van der Waals surface area contributed by atoms with Gasteiger partial charge in [-0.05, 0) is 39.7 Å². The van der Waals surface area contributed by atoms with Crippen LogP contribution >= 0.6 is 0 Å². The van der Waals surface area contributed by atoms with Crippen LogP contribution in [-0.2, 0) is 19.1 Å². The number of amides is 2. The van der Waals surface area contributed by atoms with Gasteiger partial charge in [-0.2, -0.15) is 0 Å². The fourth-order valence-corrected chi connectivity index (χ4v) is 4.72. The van der Waals surface area contributed by atoms with Crippen molar-refractivity contribution < 1.29 is 19.1 Å². The largest absolute Gasteiger partial charge is 0.450 e. The van der Waals surface area contributed by atoms with Gasteiger partial charge >= 0.3 is 5.97 Å². The maximum Gasteiger partial charge on any atom is 0.335 e. The topological polar surface area (TPSA) is 78.9 Å². The highest BCUT2D eigenvalue weighted by molar-refractivity contribution is 6.07. The minimum Gasteiger partial charge on any atom is -0.450 e. The van der Waals surface area contributed by atoms with Gasteiger partial charge < -0.3 is 19.9 Å². The molecule has 1 spiro atoms. The molecule has 2 fully saturated rings. The lowest BCUT2D eigenvalue weighted by Gasteiger charge is -2.39. The summed E-state index contributed by atoms with van der Waals surface area (Å²) in [7, 11) is 0. The molecule has 0 aliphatic carbocycles. The number of rotatable bonds is 5. The lowest BCUT2D eigenvalue weighted by molar-refractivity contribution is -0.152.